The molecule has 1 atom stereocenters. The lowest BCUT2D eigenvalue weighted by atomic mass is 9.96. The number of ether oxygens (including phenoxy) is 1. The molecule has 0 saturated carbocycles. The highest BCUT2D eigenvalue weighted by Gasteiger charge is 2.30. The van der Waals surface area contributed by atoms with Crippen LogP contribution < -0.4 is 10.2 Å². The van der Waals surface area contributed by atoms with Crippen molar-refractivity contribution in [2.75, 3.05) is 37.0 Å². The third-order valence-corrected chi connectivity index (χ3v) is 6.51. The Morgan fingerprint density at radius 2 is 2.12 bits per heavy atom. The number of hydrogen-bond donors (Lipinski definition) is 1. The molecule has 1 fully saturated rings. The van der Waals surface area contributed by atoms with Gasteiger partial charge in [0.25, 0.3) is 0 Å². The van der Waals surface area contributed by atoms with Gasteiger partial charge in [0.15, 0.2) is 10.3 Å². The summed E-state index contributed by atoms with van der Waals surface area (Å²) >= 11 is 3.29. The first-order valence-corrected chi connectivity index (χ1v) is 10.6. The Bertz CT molecular complexity index is 774. The smallest absolute Gasteiger partial charge is 0.221 e. The zero-order valence-corrected chi connectivity index (χ0v) is 16.2. The van der Waals surface area contributed by atoms with E-state index in [1.165, 1.54) is 0 Å². The van der Waals surface area contributed by atoms with Crippen LogP contribution in [0.25, 0.3) is 0 Å². The van der Waals surface area contributed by atoms with Crippen molar-refractivity contribution in [2.45, 2.75) is 31.0 Å². The summed E-state index contributed by atoms with van der Waals surface area (Å²) in [6.45, 7) is 5.74. The van der Waals surface area contributed by atoms with E-state index in [2.05, 4.69) is 27.1 Å². The molecule has 2 aromatic heterocycles. The number of carbonyl (C=O) groups excluding carboxylic acids is 1. The SMILES string of the molecule is CCSc1ncc([C@H]2CC(=O)NCc3nc(N4CCOCC4)sc32)cn1. The summed E-state index contributed by atoms with van der Waals surface area (Å²) in [5.74, 6) is 0.938. The van der Waals surface area contributed by atoms with Gasteiger partial charge in [-0.15, -0.1) is 11.3 Å². The molecule has 1 N–H and O–H groups in total. The predicted molar refractivity (Wildman–Crippen MR) is 102 cm³/mol. The standard InChI is InChI=1S/C17H21N5O2S2/c1-2-25-16-19-8-11(9-20-16)12-7-14(23)18-10-13-15(12)26-17(21-13)22-3-5-24-6-4-22/h8-9,12H,2-7,10H2,1H3,(H,18,23)/t12-/m1/s1. The Hall–Kier alpha value is -1.71. The van der Waals surface area contributed by atoms with Gasteiger partial charge < -0.3 is 15.0 Å². The van der Waals surface area contributed by atoms with Gasteiger partial charge in [-0.3, -0.25) is 4.79 Å². The molecule has 7 nitrogen and oxygen atoms in total. The quantitative estimate of drug-likeness (QED) is 0.631. The summed E-state index contributed by atoms with van der Waals surface area (Å²) < 4.78 is 5.44. The number of thiazole rings is 1. The van der Waals surface area contributed by atoms with Gasteiger partial charge in [0.2, 0.25) is 5.91 Å². The number of nitrogens with one attached hydrogen (secondary N) is 1. The van der Waals surface area contributed by atoms with Crippen LogP contribution in [0.2, 0.25) is 0 Å². The molecular formula is C17H21N5O2S2. The first kappa shape index (κ1) is 17.7. The Labute approximate surface area is 160 Å². The highest BCUT2D eigenvalue weighted by molar-refractivity contribution is 7.99. The number of fused-ring (bicyclic) bond motifs is 1. The van der Waals surface area contributed by atoms with Crippen LogP contribution in [0.3, 0.4) is 0 Å². The zero-order valence-electron chi connectivity index (χ0n) is 14.6. The molecule has 0 bridgehead atoms. The molecule has 0 spiro atoms. The third kappa shape index (κ3) is 3.70. The van der Waals surface area contributed by atoms with Crippen LogP contribution in [0.1, 0.15) is 35.4 Å². The molecule has 1 amide bonds. The van der Waals surface area contributed by atoms with Gasteiger partial charge in [-0.25, -0.2) is 15.0 Å². The Morgan fingerprint density at radius 3 is 2.85 bits per heavy atom. The lowest BCUT2D eigenvalue weighted by molar-refractivity contribution is -0.121. The molecule has 1 saturated heterocycles. The Morgan fingerprint density at radius 1 is 1.35 bits per heavy atom. The number of nitrogens with zero attached hydrogens (tertiary/aromatic N) is 4. The van der Waals surface area contributed by atoms with E-state index in [4.69, 9.17) is 9.72 Å². The summed E-state index contributed by atoms with van der Waals surface area (Å²) in [6, 6.07) is 0. The number of carbonyl (C=O) groups is 1. The van der Waals surface area contributed by atoms with Crippen LogP contribution in [0, 0.1) is 0 Å². The maximum absolute atomic E-state index is 12.2. The largest absolute Gasteiger partial charge is 0.378 e. The number of rotatable bonds is 4. The first-order valence-electron chi connectivity index (χ1n) is 8.78. The first-order chi connectivity index (χ1) is 12.7. The second-order valence-corrected chi connectivity index (χ2v) is 8.41. The van der Waals surface area contributed by atoms with Crippen molar-refractivity contribution in [1.82, 2.24) is 20.3 Å². The van der Waals surface area contributed by atoms with Gasteiger partial charge in [0.05, 0.1) is 25.5 Å². The van der Waals surface area contributed by atoms with E-state index >= 15 is 0 Å². The van der Waals surface area contributed by atoms with Crippen LogP contribution in [0.15, 0.2) is 17.6 Å². The average molecular weight is 392 g/mol. The molecule has 138 valence electrons. The monoisotopic (exact) mass is 391 g/mol. The topological polar surface area (TPSA) is 80.2 Å². The van der Waals surface area contributed by atoms with E-state index in [9.17, 15) is 4.79 Å². The van der Waals surface area contributed by atoms with Gasteiger partial charge in [0, 0.05) is 42.7 Å². The number of morpholine rings is 1. The number of anilines is 1. The maximum atomic E-state index is 12.2. The van der Waals surface area contributed by atoms with E-state index in [-0.39, 0.29) is 11.8 Å². The number of hydrogen-bond acceptors (Lipinski definition) is 8. The van der Waals surface area contributed by atoms with Crippen molar-refractivity contribution in [3.05, 3.63) is 28.5 Å². The Balaban J connectivity index is 1.65. The van der Waals surface area contributed by atoms with Crippen LogP contribution in [-0.4, -0.2) is 52.9 Å². The van der Waals surface area contributed by atoms with Crippen molar-refractivity contribution in [3.63, 3.8) is 0 Å². The minimum Gasteiger partial charge on any atom is -0.378 e. The normalized spacial score (nSPS) is 20.4. The molecule has 4 rings (SSSR count). The van der Waals surface area contributed by atoms with Crippen molar-refractivity contribution in [2.24, 2.45) is 0 Å². The van der Waals surface area contributed by atoms with Gasteiger partial charge in [-0.05, 0) is 11.3 Å². The molecular weight excluding hydrogens is 370 g/mol. The average Bonchev–Trinajstić information content (AvgIpc) is 3.04. The molecule has 2 aromatic rings. The molecule has 0 radical (unpaired) electrons. The minimum atomic E-state index is -0.0412. The highest BCUT2D eigenvalue weighted by Crippen LogP contribution is 2.39. The molecule has 2 aliphatic heterocycles. The van der Waals surface area contributed by atoms with Crippen LogP contribution in [0.4, 0.5) is 5.13 Å². The number of thioether (sulfide) groups is 1. The fraction of sp³-hybridized carbons (Fsp3) is 0.529. The molecule has 2 aliphatic rings. The summed E-state index contributed by atoms with van der Waals surface area (Å²) in [5.41, 5.74) is 1.93. The number of aromatic nitrogens is 3. The van der Waals surface area contributed by atoms with Gasteiger partial charge in [-0.1, -0.05) is 18.7 Å². The van der Waals surface area contributed by atoms with E-state index < -0.39 is 0 Å². The number of amides is 1. The van der Waals surface area contributed by atoms with Crippen molar-refractivity contribution in [1.29, 1.82) is 0 Å². The lowest BCUT2D eigenvalue weighted by Crippen LogP contribution is -2.36. The third-order valence-electron chi connectivity index (χ3n) is 4.48. The summed E-state index contributed by atoms with van der Waals surface area (Å²) in [5, 5.41) is 4.75. The summed E-state index contributed by atoms with van der Waals surface area (Å²) in [7, 11) is 0. The van der Waals surface area contributed by atoms with Crippen LogP contribution in [0.5, 0.6) is 0 Å². The van der Waals surface area contributed by atoms with E-state index in [1.807, 2.05) is 12.4 Å². The van der Waals surface area contributed by atoms with E-state index in [0.717, 1.165) is 58.5 Å². The summed E-state index contributed by atoms with van der Waals surface area (Å²) in [6.07, 6.45) is 4.11. The highest BCUT2D eigenvalue weighted by atomic mass is 32.2. The minimum absolute atomic E-state index is 0.0412. The van der Waals surface area contributed by atoms with E-state index in [0.29, 0.717) is 13.0 Å². The molecule has 0 aromatic carbocycles. The molecule has 26 heavy (non-hydrogen) atoms. The molecule has 0 aliphatic carbocycles. The lowest BCUT2D eigenvalue weighted by Gasteiger charge is -2.26. The van der Waals surface area contributed by atoms with E-state index in [1.54, 1.807) is 23.1 Å². The predicted octanol–water partition coefficient (Wildman–Crippen LogP) is 2.03. The van der Waals surface area contributed by atoms with Gasteiger partial charge >= 0.3 is 0 Å². The maximum Gasteiger partial charge on any atom is 0.221 e. The van der Waals surface area contributed by atoms with Crippen molar-refractivity contribution < 1.29 is 9.53 Å². The fourth-order valence-corrected chi connectivity index (χ4v) is 4.93. The molecule has 9 heteroatoms. The summed E-state index contributed by atoms with van der Waals surface area (Å²) in [4.78, 5) is 29.3. The molecule has 4 heterocycles. The van der Waals surface area contributed by atoms with Gasteiger partial charge in [-0.2, -0.15) is 0 Å². The van der Waals surface area contributed by atoms with Crippen molar-refractivity contribution in [3.8, 4) is 0 Å². The van der Waals surface area contributed by atoms with Crippen LogP contribution in [-0.2, 0) is 16.1 Å². The molecule has 0 unspecified atom stereocenters. The van der Waals surface area contributed by atoms with Crippen molar-refractivity contribution >= 4 is 34.1 Å². The second-order valence-electron chi connectivity index (χ2n) is 6.17. The second kappa shape index (κ2) is 7.89. The van der Waals surface area contributed by atoms with Crippen LogP contribution >= 0.6 is 23.1 Å². The zero-order chi connectivity index (χ0) is 17.9. The van der Waals surface area contributed by atoms with Gasteiger partial charge in [0.1, 0.15) is 0 Å². The fourth-order valence-electron chi connectivity index (χ4n) is 3.15. The Kier molecular flexibility index (Phi) is 5.37.